The van der Waals surface area contributed by atoms with Crippen LogP contribution in [0.2, 0.25) is 0 Å². The van der Waals surface area contributed by atoms with Gasteiger partial charge in [-0.15, -0.1) is 6.42 Å². The van der Waals surface area contributed by atoms with E-state index < -0.39 is 0 Å². The van der Waals surface area contributed by atoms with Gasteiger partial charge >= 0.3 is 0 Å². The van der Waals surface area contributed by atoms with Gasteiger partial charge < -0.3 is 0 Å². The van der Waals surface area contributed by atoms with Crippen LogP contribution in [0.3, 0.4) is 0 Å². The fourth-order valence-electron chi connectivity index (χ4n) is 1.90. The summed E-state index contributed by atoms with van der Waals surface area (Å²) >= 11 is 0. The summed E-state index contributed by atoms with van der Waals surface area (Å²) in [6.45, 7) is 10.9. The molecule has 0 N–H and O–H groups in total. The minimum Gasteiger partial charge on any atom is -0.115 e. The van der Waals surface area contributed by atoms with E-state index in [9.17, 15) is 0 Å². The molecule has 0 spiro atoms. The second-order valence-corrected chi connectivity index (χ2v) is 4.82. The first kappa shape index (κ1) is 10.9. The standard InChI is InChI=1S/C14H18/c1-7-12-9-8-10(2)11(3)13(12)14(4,5)6/h1,8-9H,2-6H3. The van der Waals surface area contributed by atoms with Crippen molar-refractivity contribution in [3.63, 3.8) is 0 Å². The van der Waals surface area contributed by atoms with Crippen molar-refractivity contribution in [2.75, 3.05) is 0 Å². The number of rotatable bonds is 0. The first-order valence-corrected chi connectivity index (χ1v) is 4.95. The highest BCUT2D eigenvalue weighted by molar-refractivity contribution is 5.50. The highest BCUT2D eigenvalue weighted by Gasteiger charge is 2.20. The Morgan fingerprint density at radius 1 is 1.14 bits per heavy atom. The second-order valence-electron chi connectivity index (χ2n) is 4.82. The largest absolute Gasteiger partial charge is 0.115 e. The smallest absolute Gasteiger partial charge is 0.0282 e. The molecular weight excluding hydrogens is 168 g/mol. The number of aryl methyl sites for hydroxylation is 1. The number of benzene rings is 1. The fraction of sp³-hybridized carbons (Fsp3) is 0.429. The van der Waals surface area contributed by atoms with Gasteiger partial charge in [-0.1, -0.05) is 32.8 Å². The van der Waals surface area contributed by atoms with Crippen LogP contribution in [0.1, 0.15) is 43.0 Å². The maximum Gasteiger partial charge on any atom is 0.0282 e. The minimum atomic E-state index is 0.123. The molecule has 74 valence electrons. The Labute approximate surface area is 87.4 Å². The molecule has 0 aromatic heterocycles. The van der Waals surface area contributed by atoms with E-state index in [0.29, 0.717) is 0 Å². The van der Waals surface area contributed by atoms with E-state index in [4.69, 9.17) is 6.42 Å². The van der Waals surface area contributed by atoms with Gasteiger partial charge in [-0.2, -0.15) is 0 Å². The molecule has 1 rings (SSSR count). The van der Waals surface area contributed by atoms with Gasteiger partial charge in [-0.05, 0) is 42.0 Å². The van der Waals surface area contributed by atoms with Gasteiger partial charge in [-0.3, -0.25) is 0 Å². The first-order chi connectivity index (χ1) is 6.38. The normalized spacial score (nSPS) is 11.1. The predicted octanol–water partition coefficient (Wildman–Crippen LogP) is 3.58. The molecule has 1 aromatic rings. The highest BCUT2D eigenvalue weighted by Crippen LogP contribution is 2.30. The summed E-state index contributed by atoms with van der Waals surface area (Å²) in [5.74, 6) is 2.77. The summed E-state index contributed by atoms with van der Waals surface area (Å²) in [7, 11) is 0. The summed E-state index contributed by atoms with van der Waals surface area (Å²) in [5.41, 5.74) is 5.10. The molecule has 0 amide bonds. The molecule has 0 atom stereocenters. The maximum atomic E-state index is 5.52. The van der Waals surface area contributed by atoms with Gasteiger partial charge in [0.05, 0.1) is 0 Å². The zero-order chi connectivity index (χ0) is 10.9. The Balaban J connectivity index is 3.54. The maximum absolute atomic E-state index is 5.52. The van der Waals surface area contributed by atoms with Crippen LogP contribution in [0.15, 0.2) is 12.1 Å². The second kappa shape index (κ2) is 3.50. The van der Waals surface area contributed by atoms with E-state index in [0.717, 1.165) is 5.56 Å². The molecule has 0 saturated carbocycles. The molecule has 0 aliphatic carbocycles. The molecule has 0 nitrogen and oxygen atoms in total. The van der Waals surface area contributed by atoms with E-state index in [1.54, 1.807) is 0 Å². The third-order valence-corrected chi connectivity index (χ3v) is 2.64. The molecule has 0 saturated heterocycles. The van der Waals surface area contributed by atoms with Crippen molar-refractivity contribution in [3.05, 3.63) is 34.4 Å². The predicted molar refractivity (Wildman–Crippen MR) is 62.6 cm³/mol. The Bertz CT molecular complexity index is 384. The molecule has 0 bridgehead atoms. The zero-order valence-electron chi connectivity index (χ0n) is 9.73. The van der Waals surface area contributed by atoms with Crippen molar-refractivity contribution in [1.29, 1.82) is 0 Å². The van der Waals surface area contributed by atoms with E-state index in [1.807, 2.05) is 6.07 Å². The van der Waals surface area contributed by atoms with E-state index in [2.05, 4.69) is 46.6 Å². The van der Waals surface area contributed by atoms with Gasteiger partial charge in [-0.25, -0.2) is 0 Å². The molecule has 0 heterocycles. The van der Waals surface area contributed by atoms with Gasteiger partial charge in [0.15, 0.2) is 0 Å². The molecule has 0 radical (unpaired) electrons. The molecular formula is C14H18. The Kier molecular flexibility index (Phi) is 2.71. The SMILES string of the molecule is C#Cc1ccc(C)c(C)c1C(C)(C)C. The van der Waals surface area contributed by atoms with Crippen LogP contribution in [-0.2, 0) is 5.41 Å². The topological polar surface area (TPSA) is 0 Å². The molecule has 14 heavy (non-hydrogen) atoms. The van der Waals surface area contributed by atoms with Crippen molar-refractivity contribution in [2.45, 2.75) is 40.0 Å². The fourth-order valence-corrected chi connectivity index (χ4v) is 1.90. The van der Waals surface area contributed by atoms with E-state index >= 15 is 0 Å². The molecule has 0 aliphatic rings. The van der Waals surface area contributed by atoms with Crippen LogP contribution in [0, 0.1) is 26.2 Å². The minimum absolute atomic E-state index is 0.123. The van der Waals surface area contributed by atoms with Crippen molar-refractivity contribution in [1.82, 2.24) is 0 Å². The van der Waals surface area contributed by atoms with Crippen molar-refractivity contribution < 1.29 is 0 Å². The Morgan fingerprint density at radius 2 is 1.71 bits per heavy atom. The van der Waals surface area contributed by atoms with E-state index in [1.165, 1.54) is 16.7 Å². The third-order valence-electron chi connectivity index (χ3n) is 2.64. The Morgan fingerprint density at radius 3 is 2.14 bits per heavy atom. The van der Waals surface area contributed by atoms with Crippen LogP contribution >= 0.6 is 0 Å². The van der Waals surface area contributed by atoms with Gasteiger partial charge in [0.1, 0.15) is 0 Å². The highest BCUT2D eigenvalue weighted by atomic mass is 14.2. The van der Waals surface area contributed by atoms with Crippen molar-refractivity contribution in [2.24, 2.45) is 0 Å². The number of hydrogen-bond donors (Lipinski definition) is 0. The Hall–Kier alpha value is -1.22. The average Bonchev–Trinajstić information content (AvgIpc) is 2.07. The summed E-state index contributed by atoms with van der Waals surface area (Å²) in [6, 6.07) is 4.14. The molecule has 1 aromatic carbocycles. The molecule has 0 aliphatic heterocycles. The third kappa shape index (κ3) is 1.82. The van der Waals surface area contributed by atoms with Crippen molar-refractivity contribution >= 4 is 0 Å². The van der Waals surface area contributed by atoms with Crippen LogP contribution in [-0.4, -0.2) is 0 Å². The van der Waals surface area contributed by atoms with Crippen LogP contribution < -0.4 is 0 Å². The molecule has 0 fully saturated rings. The lowest BCUT2D eigenvalue weighted by molar-refractivity contribution is 0.584. The first-order valence-electron chi connectivity index (χ1n) is 4.95. The number of hydrogen-bond acceptors (Lipinski definition) is 0. The van der Waals surface area contributed by atoms with E-state index in [-0.39, 0.29) is 5.41 Å². The summed E-state index contributed by atoms with van der Waals surface area (Å²) in [5, 5.41) is 0. The van der Waals surface area contributed by atoms with Crippen LogP contribution in [0.4, 0.5) is 0 Å². The lowest BCUT2D eigenvalue weighted by Gasteiger charge is -2.24. The lowest BCUT2D eigenvalue weighted by atomic mass is 9.80. The van der Waals surface area contributed by atoms with Crippen molar-refractivity contribution in [3.8, 4) is 12.3 Å². The summed E-state index contributed by atoms with van der Waals surface area (Å²) < 4.78 is 0. The van der Waals surface area contributed by atoms with Gasteiger partial charge in [0, 0.05) is 5.56 Å². The number of terminal acetylenes is 1. The molecule has 0 heteroatoms. The quantitative estimate of drug-likeness (QED) is 0.543. The summed E-state index contributed by atoms with van der Waals surface area (Å²) in [6.07, 6.45) is 5.52. The lowest BCUT2D eigenvalue weighted by Crippen LogP contribution is -2.16. The van der Waals surface area contributed by atoms with Gasteiger partial charge in [0.2, 0.25) is 0 Å². The van der Waals surface area contributed by atoms with Gasteiger partial charge in [0.25, 0.3) is 0 Å². The molecule has 0 unspecified atom stereocenters. The monoisotopic (exact) mass is 186 g/mol. The average molecular weight is 186 g/mol. The summed E-state index contributed by atoms with van der Waals surface area (Å²) in [4.78, 5) is 0. The van der Waals surface area contributed by atoms with Crippen LogP contribution in [0.25, 0.3) is 0 Å². The zero-order valence-corrected chi connectivity index (χ0v) is 9.73. The van der Waals surface area contributed by atoms with Crippen LogP contribution in [0.5, 0.6) is 0 Å².